The Balaban J connectivity index is 1.37. The molecule has 1 aliphatic heterocycles. The lowest BCUT2D eigenvalue weighted by atomic mass is 10.1. The number of hydrogen-bond donors (Lipinski definition) is 1. The fourth-order valence-electron chi connectivity index (χ4n) is 5.39. The largest absolute Gasteiger partial charge is 0.427 e. The summed E-state index contributed by atoms with van der Waals surface area (Å²) in [5.41, 5.74) is 2.93. The Morgan fingerprint density at radius 3 is 2.58 bits per heavy atom. The van der Waals surface area contributed by atoms with Gasteiger partial charge in [0, 0.05) is 47.0 Å². The van der Waals surface area contributed by atoms with Crippen LogP contribution in [0.3, 0.4) is 0 Å². The smallest absolute Gasteiger partial charge is 0.348 e. The number of nitrogens with zero attached hydrogens (tertiary/aromatic N) is 2. The van der Waals surface area contributed by atoms with Crippen LogP contribution in [0.5, 0.6) is 0 Å². The summed E-state index contributed by atoms with van der Waals surface area (Å²) >= 11 is 0. The van der Waals surface area contributed by atoms with Crippen LogP contribution in [0.4, 0.5) is 5.69 Å². The molecule has 196 valence electrons. The minimum Gasteiger partial charge on any atom is -0.427 e. The summed E-state index contributed by atoms with van der Waals surface area (Å²) in [5, 5.41) is 5.17. The van der Waals surface area contributed by atoms with Gasteiger partial charge in [0.15, 0.2) is 0 Å². The van der Waals surface area contributed by atoms with E-state index in [1.807, 2.05) is 30.3 Å². The second-order valence-corrected chi connectivity index (χ2v) is 9.95. The minimum absolute atomic E-state index is 0.0643. The molecule has 0 bridgehead atoms. The number of rotatable bonds is 8. The van der Waals surface area contributed by atoms with Crippen LogP contribution >= 0.6 is 0 Å². The molecule has 1 unspecified atom stereocenters. The molecule has 7 heteroatoms. The van der Waals surface area contributed by atoms with Gasteiger partial charge >= 0.3 is 5.63 Å². The SMILES string of the molecule is C=C1CC(C(=O)Nc2ccc3c(c2)c2ccccc2n3CC)N(C(=O)c2ccc(CCCCC)oc2=O)C1. The number of anilines is 1. The molecule has 2 aromatic carbocycles. The number of carbonyl (C=O) groups is 2. The van der Waals surface area contributed by atoms with Crippen LogP contribution < -0.4 is 10.9 Å². The van der Waals surface area contributed by atoms with Crippen LogP contribution in [0.1, 0.15) is 55.6 Å². The van der Waals surface area contributed by atoms with E-state index in [0.717, 1.165) is 53.2 Å². The summed E-state index contributed by atoms with van der Waals surface area (Å²) in [6.07, 6.45) is 4.04. The van der Waals surface area contributed by atoms with E-state index in [9.17, 15) is 14.4 Å². The number of aryl methyl sites for hydroxylation is 2. The number of aromatic nitrogens is 1. The van der Waals surface area contributed by atoms with E-state index in [-0.39, 0.29) is 18.0 Å². The zero-order valence-electron chi connectivity index (χ0n) is 22.0. The highest BCUT2D eigenvalue weighted by Gasteiger charge is 2.37. The highest BCUT2D eigenvalue weighted by Crippen LogP contribution is 2.31. The maximum absolute atomic E-state index is 13.4. The van der Waals surface area contributed by atoms with Crippen molar-refractivity contribution in [3.05, 3.63) is 88.5 Å². The number of benzene rings is 2. The van der Waals surface area contributed by atoms with E-state index in [2.05, 4.69) is 42.4 Å². The second-order valence-electron chi connectivity index (χ2n) is 9.95. The van der Waals surface area contributed by atoms with E-state index >= 15 is 0 Å². The number of likely N-dealkylation sites (tertiary alicyclic amines) is 1. The molecule has 5 rings (SSSR count). The number of amides is 2. The first-order valence-electron chi connectivity index (χ1n) is 13.3. The van der Waals surface area contributed by atoms with Gasteiger partial charge in [0.05, 0.1) is 0 Å². The van der Waals surface area contributed by atoms with Crippen molar-refractivity contribution in [3.63, 3.8) is 0 Å². The molecule has 0 radical (unpaired) electrons. The van der Waals surface area contributed by atoms with Crippen molar-refractivity contribution in [2.45, 2.75) is 58.5 Å². The average molecular weight is 512 g/mol. The molecule has 0 spiro atoms. The summed E-state index contributed by atoms with van der Waals surface area (Å²) in [6.45, 7) is 9.29. The lowest BCUT2D eigenvalue weighted by molar-refractivity contribution is -0.119. The van der Waals surface area contributed by atoms with Crippen molar-refractivity contribution in [1.29, 1.82) is 0 Å². The quantitative estimate of drug-likeness (QED) is 0.235. The maximum Gasteiger partial charge on any atom is 0.348 e. The minimum atomic E-state index is -0.758. The number of hydrogen-bond acceptors (Lipinski definition) is 4. The van der Waals surface area contributed by atoms with Gasteiger partial charge in [0.25, 0.3) is 5.91 Å². The number of unbranched alkanes of at least 4 members (excludes halogenated alkanes) is 2. The Kier molecular flexibility index (Phi) is 7.18. The van der Waals surface area contributed by atoms with E-state index in [1.165, 1.54) is 11.0 Å². The van der Waals surface area contributed by atoms with E-state index in [0.29, 0.717) is 24.3 Å². The first-order chi connectivity index (χ1) is 18.4. The zero-order valence-corrected chi connectivity index (χ0v) is 22.0. The Hall–Kier alpha value is -4.13. The van der Waals surface area contributed by atoms with Gasteiger partial charge in [-0.1, -0.05) is 50.1 Å². The predicted molar refractivity (Wildman–Crippen MR) is 151 cm³/mol. The Bertz CT molecular complexity index is 1600. The number of fused-ring (bicyclic) bond motifs is 3. The normalized spacial score (nSPS) is 15.5. The fraction of sp³-hybridized carbons (Fsp3) is 0.323. The van der Waals surface area contributed by atoms with Crippen LogP contribution in [0.2, 0.25) is 0 Å². The molecule has 1 aliphatic rings. The number of nitrogens with one attached hydrogen (secondary N) is 1. The van der Waals surface area contributed by atoms with Gasteiger partial charge in [-0.15, -0.1) is 0 Å². The van der Waals surface area contributed by atoms with Crippen molar-refractivity contribution in [3.8, 4) is 0 Å². The van der Waals surface area contributed by atoms with Gasteiger partial charge < -0.3 is 19.2 Å². The molecule has 38 heavy (non-hydrogen) atoms. The van der Waals surface area contributed by atoms with E-state index < -0.39 is 17.6 Å². The summed E-state index contributed by atoms with van der Waals surface area (Å²) in [5.74, 6) is -0.254. The molecular weight excluding hydrogens is 478 g/mol. The van der Waals surface area contributed by atoms with Crippen LogP contribution in [-0.4, -0.2) is 33.9 Å². The second kappa shape index (κ2) is 10.7. The Morgan fingerprint density at radius 1 is 1.03 bits per heavy atom. The van der Waals surface area contributed by atoms with Crippen LogP contribution in [0.25, 0.3) is 21.8 Å². The highest BCUT2D eigenvalue weighted by atomic mass is 16.4. The van der Waals surface area contributed by atoms with Crippen LogP contribution in [0.15, 0.2) is 76.0 Å². The monoisotopic (exact) mass is 511 g/mol. The molecule has 0 saturated carbocycles. The van der Waals surface area contributed by atoms with Crippen molar-refractivity contribution in [2.75, 3.05) is 11.9 Å². The fourth-order valence-corrected chi connectivity index (χ4v) is 5.39. The molecule has 2 aromatic heterocycles. The highest BCUT2D eigenvalue weighted by molar-refractivity contribution is 6.10. The molecule has 1 fully saturated rings. The van der Waals surface area contributed by atoms with Crippen molar-refractivity contribution in [2.24, 2.45) is 0 Å². The third-order valence-corrected chi connectivity index (χ3v) is 7.31. The molecule has 1 saturated heterocycles. The number of para-hydroxylation sites is 1. The van der Waals surface area contributed by atoms with E-state index in [4.69, 9.17) is 4.42 Å². The Morgan fingerprint density at radius 2 is 1.82 bits per heavy atom. The molecule has 0 aliphatic carbocycles. The van der Waals surface area contributed by atoms with Crippen molar-refractivity contribution < 1.29 is 14.0 Å². The molecule has 7 nitrogen and oxygen atoms in total. The standard InChI is InChI=1S/C31H33N3O4/c1-4-6-7-10-22-14-15-24(31(37)38-22)30(36)34-19-20(3)17-28(34)29(35)32-21-13-16-27-25(18-21)23-11-8-9-12-26(23)33(27)5-2/h8-9,11-16,18,28H,3-7,10,17,19H2,1-2H3,(H,32,35). The van der Waals surface area contributed by atoms with Gasteiger partial charge in [-0.05, 0) is 56.2 Å². The number of carbonyl (C=O) groups excluding carboxylic acids is 2. The van der Waals surface area contributed by atoms with E-state index in [1.54, 1.807) is 6.07 Å². The zero-order chi connectivity index (χ0) is 26.8. The summed E-state index contributed by atoms with van der Waals surface area (Å²) in [6, 6.07) is 16.5. The van der Waals surface area contributed by atoms with Crippen LogP contribution in [0, 0.1) is 0 Å². The van der Waals surface area contributed by atoms with Gasteiger partial charge in [-0.3, -0.25) is 9.59 Å². The summed E-state index contributed by atoms with van der Waals surface area (Å²) < 4.78 is 7.66. The summed E-state index contributed by atoms with van der Waals surface area (Å²) in [7, 11) is 0. The van der Waals surface area contributed by atoms with Gasteiger partial charge in [0.2, 0.25) is 5.91 Å². The molecule has 1 N–H and O–H groups in total. The molecule has 1 atom stereocenters. The molecular formula is C31H33N3O4. The molecule has 4 aromatic rings. The molecule has 3 heterocycles. The average Bonchev–Trinajstić information content (AvgIpc) is 3.46. The first-order valence-corrected chi connectivity index (χ1v) is 13.3. The predicted octanol–water partition coefficient (Wildman–Crippen LogP) is 5.91. The lowest BCUT2D eigenvalue weighted by Gasteiger charge is -2.23. The summed E-state index contributed by atoms with van der Waals surface area (Å²) in [4.78, 5) is 40.8. The van der Waals surface area contributed by atoms with Crippen LogP contribution in [-0.2, 0) is 17.8 Å². The van der Waals surface area contributed by atoms with Gasteiger partial charge in [-0.2, -0.15) is 0 Å². The maximum atomic E-state index is 13.4. The first kappa shape index (κ1) is 25.5. The Labute approximate surface area is 221 Å². The topological polar surface area (TPSA) is 84.6 Å². The van der Waals surface area contributed by atoms with Gasteiger partial charge in [0.1, 0.15) is 17.4 Å². The van der Waals surface area contributed by atoms with Gasteiger partial charge in [-0.25, -0.2) is 4.79 Å². The lowest BCUT2D eigenvalue weighted by Crippen LogP contribution is -2.44. The third-order valence-electron chi connectivity index (χ3n) is 7.31. The van der Waals surface area contributed by atoms with Crippen molar-refractivity contribution >= 4 is 39.3 Å². The van der Waals surface area contributed by atoms with Crippen molar-refractivity contribution in [1.82, 2.24) is 9.47 Å². The molecule has 2 amide bonds. The third kappa shape index (κ3) is 4.76.